The first-order valence-electron chi connectivity index (χ1n) is 2.56. The first-order valence-corrected chi connectivity index (χ1v) is 2.56. The Hall–Kier alpha value is -0.608. The molecule has 0 heterocycles. The van der Waals surface area contributed by atoms with Gasteiger partial charge in [-0.05, 0) is 0 Å². The van der Waals surface area contributed by atoms with Crippen molar-refractivity contribution in [1.29, 1.82) is 0 Å². The van der Waals surface area contributed by atoms with Crippen LogP contribution in [0.1, 0.15) is 21.8 Å². The van der Waals surface area contributed by atoms with Gasteiger partial charge in [-0.15, -0.1) is 0 Å². The summed E-state index contributed by atoms with van der Waals surface area (Å²) in [5.41, 5.74) is 0. The maximum atomic E-state index is 10.6. The zero-order valence-electron chi connectivity index (χ0n) is 6.62. The topological polar surface area (TPSA) is 63.6 Å². The van der Waals surface area contributed by atoms with Crippen molar-refractivity contribution in [2.45, 2.75) is 28.0 Å². The van der Waals surface area contributed by atoms with E-state index in [1.807, 2.05) is 0 Å². The van der Waals surface area contributed by atoms with Crippen LogP contribution >= 0.6 is 0 Å². The number of hydrogen-bond donors (Lipinski definition) is 1. The quantitative estimate of drug-likeness (QED) is 0.547. The maximum Gasteiger partial charge on any atom is 2.00 e. The standard InChI is InChI=1S/C3H6O2.C2HF3O2.2CH4.Pd/c1-3(4)5-2;3-2(4,5)1(6)7;;;/h1-2H3;(H,6,7);2*1H4;/q;;;;+2. The summed E-state index contributed by atoms with van der Waals surface area (Å²) >= 11 is 0. The average molecular weight is 327 g/mol. The number of esters is 1. The van der Waals surface area contributed by atoms with E-state index in [9.17, 15) is 18.0 Å². The second-order valence-electron chi connectivity index (χ2n) is 1.50. The van der Waals surface area contributed by atoms with Gasteiger partial charge in [0.1, 0.15) is 0 Å². The number of ether oxygens (including phenoxy) is 1. The van der Waals surface area contributed by atoms with E-state index in [0.29, 0.717) is 0 Å². The van der Waals surface area contributed by atoms with Crippen LogP contribution in [0.15, 0.2) is 0 Å². The molecular weight excluding hydrogens is 311 g/mol. The molecule has 0 aromatic carbocycles. The van der Waals surface area contributed by atoms with Crippen LogP contribution in [0.25, 0.3) is 0 Å². The van der Waals surface area contributed by atoms with Crippen molar-refractivity contribution in [2.24, 2.45) is 0 Å². The number of halogens is 3. The van der Waals surface area contributed by atoms with Gasteiger partial charge in [0.15, 0.2) is 0 Å². The minimum atomic E-state index is -5.08. The Kier molecular flexibility index (Phi) is 26.1. The van der Waals surface area contributed by atoms with E-state index in [0.717, 1.165) is 0 Å². The number of alkyl halides is 3. The molecule has 4 nitrogen and oxygen atoms in total. The molecule has 0 saturated heterocycles. The number of aliphatic carboxylic acids is 1. The van der Waals surface area contributed by atoms with E-state index < -0.39 is 12.1 Å². The van der Waals surface area contributed by atoms with Gasteiger partial charge >= 0.3 is 38.5 Å². The first-order chi connectivity index (χ1) is 5.21. The smallest absolute Gasteiger partial charge is 0.475 e. The number of rotatable bonds is 0. The molecule has 96 valence electrons. The summed E-state index contributed by atoms with van der Waals surface area (Å²) in [6.45, 7) is 1.36. The van der Waals surface area contributed by atoms with Crippen LogP contribution < -0.4 is 0 Å². The SMILES string of the molecule is C.C.COC(C)=O.O=C(O)C(F)(F)F.[Pd+2]. The van der Waals surface area contributed by atoms with E-state index in [-0.39, 0.29) is 41.2 Å². The van der Waals surface area contributed by atoms with Crippen LogP contribution in [0.4, 0.5) is 13.2 Å². The van der Waals surface area contributed by atoms with Gasteiger partial charge in [-0.1, -0.05) is 14.9 Å². The minimum Gasteiger partial charge on any atom is -0.475 e. The zero-order chi connectivity index (χ0) is 10.4. The fraction of sp³-hybridized carbons (Fsp3) is 0.714. The van der Waals surface area contributed by atoms with Gasteiger partial charge in [0.25, 0.3) is 0 Å². The van der Waals surface area contributed by atoms with Gasteiger partial charge in [0, 0.05) is 6.92 Å². The van der Waals surface area contributed by atoms with Gasteiger partial charge in [-0.3, -0.25) is 4.79 Å². The number of carbonyl (C=O) groups is 2. The molecule has 8 heteroatoms. The molecule has 0 unspecified atom stereocenters. The monoisotopic (exact) mass is 326 g/mol. The van der Waals surface area contributed by atoms with Crippen molar-refractivity contribution in [3.8, 4) is 0 Å². The van der Waals surface area contributed by atoms with Crippen LogP contribution in [0, 0.1) is 0 Å². The van der Waals surface area contributed by atoms with Gasteiger partial charge in [0.05, 0.1) is 7.11 Å². The third-order valence-corrected chi connectivity index (χ3v) is 0.530. The predicted molar refractivity (Wildman–Crippen MR) is 44.8 cm³/mol. The van der Waals surface area contributed by atoms with Crippen LogP contribution in [0.2, 0.25) is 0 Å². The van der Waals surface area contributed by atoms with E-state index in [1.54, 1.807) is 0 Å². The van der Waals surface area contributed by atoms with E-state index in [2.05, 4.69) is 4.74 Å². The Balaban J connectivity index is -0.0000000383. The molecule has 0 aromatic rings. The summed E-state index contributed by atoms with van der Waals surface area (Å²) in [6.07, 6.45) is -5.08. The normalized spacial score (nSPS) is 7.53. The molecule has 15 heavy (non-hydrogen) atoms. The Bertz CT molecular complexity index is 170. The predicted octanol–water partition coefficient (Wildman–Crippen LogP) is 2.08. The molecule has 0 aliphatic rings. The molecule has 0 aliphatic heterocycles. The molecule has 0 amide bonds. The van der Waals surface area contributed by atoms with Crippen molar-refractivity contribution in [2.75, 3.05) is 7.11 Å². The summed E-state index contributed by atoms with van der Waals surface area (Å²) in [6, 6.07) is 0. The van der Waals surface area contributed by atoms with Crippen LogP contribution in [-0.2, 0) is 34.7 Å². The molecule has 0 saturated carbocycles. The van der Waals surface area contributed by atoms with Crippen LogP contribution in [0.3, 0.4) is 0 Å². The fourth-order valence-electron chi connectivity index (χ4n) is 0. The molecule has 0 aromatic heterocycles. The summed E-state index contributed by atoms with van der Waals surface area (Å²) in [5.74, 6) is -3.00. The third-order valence-electron chi connectivity index (χ3n) is 0.530. The van der Waals surface area contributed by atoms with Crippen molar-refractivity contribution in [3.63, 3.8) is 0 Å². The summed E-state index contributed by atoms with van der Waals surface area (Å²) in [4.78, 5) is 18.5. The molecule has 0 radical (unpaired) electrons. The minimum absolute atomic E-state index is 0. The zero-order valence-corrected chi connectivity index (χ0v) is 8.18. The van der Waals surface area contributed by atoms with Crippen LogP contribution in [-0.4, -0.2) is 30.3 Å². The maximum absolute atomic E-state index is 10.6. The summed E-state index contributed by atoms with van der Waals surface area (Å²) in [5, 5.41) is 7.12. The third kappa shape index (κ3) is 31.8. The first kappa shape index (κ1) is 29.3. The van der Waals surface area contributed by atoms with Gasteiger partial charge in [-0.2, -0.15) is 13.2 Å². The largest absolute Gasteiger partial charge is 2.00 e. The Morgan fingerprint density at radius 1 is 1.20 bits per heavy atom. The number of carboxylic acid groups (broad SMARTS) is 1. The van der Waals surface area contributed by atoms with E-state index in [4.69, 9.17) is 9.90 Å². The molecule has 0 rings (SSSR count). The molecule has 0 aliphatic carbocycles. The number of carbonyl (C=O) groups excluding carboxylic acids is 1. The molecule has 0 atom stereocenters. The molecular formula is C7H15F3O4Pd+2. The van der Waals surface area contributed by atoms with Gasteiger partial charge in [-0.25, -0.2) is 4.79 Å². The number of methoxy groups -OCH3 is 1. The number of hydrogen-bond acceptors (Lipinski definition) is 3. The second kappa shape index (κ2) is 13.4. The van der Waals surface area contributed by atoms with E-state index >= 15 is 0 Å². The second-order valence-corrected chi connectivity index (χ2v) is 1.50. The van der Waals surface area contributed by atoms with E-state index in [1.165, 1.54) is 14.0 Å². The number of carboxylic acids is 1. The molecule has 0 bridgehead atoms. The van der Waals surface area contributed by atoms with Gasteiger partial charge in [0.2, 0.25) is 0 Å². The van der Waals surface area contributed by atoms with Crippen molar-refractivity contribution < 1.29 is 53.0 Å². The van der Waals surface area contributed by atoms with Crippen LogP contribution in [0.5, 0.6) is 0 Å². The Morgan fingerprint density at radius 3 is 1.33 bits per heavy atom. The Morgan fingerprint density at radius 2 is 1.33 bits per heavy atom. The molecule has 1 N–H and O–H groups in total. The van der Waals surface area contributed by atoms with Crippen molar-refractivity contribution in [1.82, 2.24) is 0 Å². The summed E-state index contributed by atoms with van der Waals surface area (Å²) < 4.78 is 35.8. The molecule has 0 spiro atoms. The van der Waals surface area contributed by atoms with Crippen molar-refractivity contribution >= 4 is 11.9 Å². The fourth-order valence-corrected chi connectivity index (χ4v) is 0. The van der Waals surface area contributed by atoms with Gasteiger partial charge < -0.3 is 9.84 Å². The van der Waals surface area contributed by atoms with Crippen molar-refractivity contribution in [3.05, 3.63) is 0 Å². The average Bonchev–Trinajstić information content (AvgIpc) is 1.87. The Labute approximate surface area is 100 Å². The summed E-state index contributed by atoms with van der Waals surface area (Å²) in [7, 11) is 1.35. The molecule has 0 fully saturated rings.